The Bertz CT molecular complexity index is 509. The highest BCUT2D eigenvalue weighted by Gasteiger charge is 2.33. The van der Waals surface area contributed by atoms with Crippen molar-refractivity contribution in [1.29, 1.82) is 0 Å². The number of nitrogens with zero attached hydrogens (tertiary/aromatic N) is 4. The molecule has 4 rings (SSSR count). The molecular formula is C16H24N4O. The van der Waals surface area contributed by atoms with Gasteiger partial charge < -0.3 is 9.64 Å². The first-order valence-electron chi connectivity index (χ1n) is 8.18. The van der Waals surface area contributed by atoms with Crippen molar-refractivity contribution >= 4 is 5.82 Å². The predicted molar refractivity (Wildman–Crippen MR) is 81.6 cm³/mol. The van der Waals surface area contributed by atoms with Crippen molar-refractivity contribution < 1.29 is 4.74 Å². The molecule has 1 aromatic heterocycles. The fourth-order valence-corrected chi connectivity index (χ4v) is 3.68. The lowest BCUT2D eigenvalue weighted by molar-refractivity contribution is 0.149. The Hall–Kier alpha value is -1.20. The van der Waals surface area contributed by atoms with E-state index in [1.54, 1.807) is 0 Å². The van der Waals surface area contributed by atoms with E-state index < -0.39 is 0 Å². The summed E-state index contributed by atoms with van der Waals surface area (Å²) in [6.45, 7) is 5.21. The smallest absolute Gasteiger partial charge is 0.151 e. The average Bonchev–Trinajstić information content (AvgIpc) is 3.07. The Kier molecular flexibility index (Phi) is 3.55. The van der Waals surface area contributed by atoms with Gasteiger partial charge in [0.05, 0.1) is 12.3 Å². The van der Waals surface area contributed by atoms with Gasteiger partial charge in [-0.05, 0) is 50.3 Å². The van der Waals surface area contributed by atoms with Crippen molar-refractivity contribution in [3.8, 4) is 0 Å². The van der Waals surface area contributed by atoms with Gasteiger partial charge in [0.15, 0.2) is 5.82 Å². The highest BCUT2D eigenvalue weighted by Crippen LogP contribution is 2.27. The van der Waals surface area contributed by atoms with Crippen LogP contribution in [0.3, 0.4) is 0 Å². The molecule has 0 bridgehead atoms. The molecule has 21 heavy (non-hydrogen) atoms. The van der Waals surface area contributed by atoms with Crippen molar-refractivity contribution in [2.24, 2.45) is 5.92 Å². The van der Waals surface area contributed by atoms with E-state index in [-0.39, 0.29) is 0 Å². The van der Waals surface area contributed by atoms with Crippen molar-refractivity contribution in [3.63, 3.8) is 0 Å². The number of hydrogen-bond acceptors (Lipinski definition) is 5. The third-order valence-corrected chi connectivity index (χ3v) is 5.19. The molecule has 3 heterocycles. The second kappa shape index (κ2) is 5.54. The van der Waals surface area contributed by atoms with Crippen LogP contribution >= 0.6 is 0 Å². The van der Waals surface area contributed by atoms with E-state index in [0.717, 1.165) is 51.0 Å². The van der Waals surface area contributed by atoms with Crippen LogP contribution in [0.15, 0.2) is 6.07 Å². The van der Waals surface area contributed by atoms with Crippen LogP contribution in [0.25, 0.3) is 0 Å². The highest BCUT2D eigenvalue weighted by atomic mass is 16.5. The molecule has 2 fully saturated rings. The van der Waals surface area contributed by atoms with Gasteiger partial charge >= 0.3 is 0 Å². The molecule has 0 saturated carbocycles. The molecule has 1 aromatic rings. The van der Waals surface area contributed by atoms with Crippen molar-refractivity contribution in [2.75, 3.05) is 44.8 Å². The zero-order valence-corrected chi connectivity index (χ0v) is 12.8. The number of anilines is 1. The monoisotopic (exact) mass is 288 g/mol. The lowest BCUT2D eigenvalue weighted by Gasteiger charge is -2.45. The predicted octanol–water partition coefficient (Wildman–Crippen LogP) is 1.12. The molecule has 1 atom stereocenters. The lowest BCUT2D eigenvalue weighted by atomic mass is 10.0. The number of fused-ring (bicyclic) bond motifs is 1. The van der Waals surface area contributed by atoms with Crippen LogP contribution in [0.4, 0.5) is 5.82 Å². The molecule has 0 aromatic carbocycles. The molecule has 1 unspecified atom stereocenters. The second-order valence-electron chi connectivity index (χ2n) is 6.76. The summed E-state index contributed by atoms with van der Waals surface area (Å²) in [7, 11) is 2.24. The standard InChI is InChI=1S/C16H24N4O/c1-19(8-12-5-6-21-11-12)14-9-20(10-14)16-7-13-3-2-4-15(13)17-18-16/h7,12,14H,2-6,8-11H2,1H3. The first-order valence-corrected chi connectivity index (χ1v) is 8.18. The summed E-state index contributed by atoms with van der Waals surface area (Å²) >= 11 is 0. The molecule has 5 nitrogen and oxygen atoms in total. The maximum absolute atomic E-state index is 5.47. The van der Waals surface area contributed by atoms with Gasteiger partial charge in [-0.1, -0.05) is 0 Å². The molecule has 1 aliphatic carbocycles. The zero-order chi connectivity index (χ0) is 14.2. The van der Waals surface area contributed by atoms with Gasteiger partial charge in [0.25, 0.3) is 0 Å². The molecule has 2 aliphatic heterocycles. The van der Waals surface area contributed by atoms with Gasteiger partial charge in [-0.15, -0.1) is 5.10 Å². The van der Waals surface area contributed by atoms with E-state index in [2.05, 4.69) is 33.1 Å². The van der Waals surface area contributed by atoms with Gasteiger partial charge in [-0.3, -0.25) is 4.90 Å². The van der Waals surface area contributed by atoms with Crippen LogP contribution in [-0.2, 0) is 17.6 Å². The van der Waals surface area contributed by atoms with Gasteiger partial charge in [-0.2, -0.15) is 5.10 Å². The molecular weight excluding hydrogens is 264 g/mol. The number of ether oxygens (including phenoxy) is 1. The molecule has 2 saturated heterocycles. The maximum atomic E-state index is 5.47. The Balaban J connectivity index is 1.32. The Morgan fingerprint density at radius 3 is 3.05 bits per heavy atom. The summed E-state index contributed by atoms with van der Waals surface area (Å²) in [5.41, 5.74) is 2.63. The molecule has 3 aliphatic rings. The normalized spacial score (nSPS) is 25.4. The van der Waals surface area contributed by atoms with Crippen LogP contribution in [0.2, 0.25) is 0 Å². The van der Waals surface area contributed by atoms with Crippen LogP contribution in [0, 0.1) is 5.92 Å². The molecule has 114 valence electrons. The summed E-state index contributed by atoms with van der Waals surface area (Å²) in [6, 6.07) is 2.91. The van der Waals surface area contributed by atoms with E-state index in [1.807, 2.05) is 0 Å². The fourth-order valence-electron chi connectivity index (χ4n) is 3.68. The highest BCUT2D eigenvalue weighted by molar-refractivity contribution is 5.45. The summed E-state index contributed by atoms with van der Waals surface area (Å²) < 4.78 is 5.47. The number of hydrogen-bond donors (Lipinski definition) is 0. The Labute approximate surface area is 126 Å². The molecule has 0 spiro atoms. The Morgan fingerprint density at radius 2 is 2.24 bits per heavy atom. The number of aryl methyl sites for hydroxylation is 2. The van der Waals surface area contributed by atoms with Gasteiger partial charge in [0, 0.05) is 32.3 Å². The van der Waals surface area contributed by atoms with E-state index in [4.69, 9.17) is 4.74 Å². The van der Waals surface area contributed by atoms with E-state index in [9.17, 15) is 0 Å². The minimum Gasteiger partial charge on any atom is -0.381 e. The maximum Gasteiger partial charge on any atom is 0.151 e. The van der Waals surface area contributed by atoms with Crippen LogP contribution in [0.1, 0.15) is 24.1 Å². The minimum absolute atomic E-state index is 0.653. The second-order valence-corrected chi connectivity index (χ2v) is 6.76. The van der Waals surface area contributed by atoms with Gasteiger partial charge in [-0.25, -0.2) is 0 Å². The summed E-state index contributed by atoms with van der Waals surface area (Å²) in [6.07, 6.45) is 4.74. The lowest BCUT2D eigenvalue weighted by Crippen LogP contribution is -2.59. The van der Waals surface area contributed by atoms with E-state index in [0.29, 0.717) is 6.04 Å². The van der Waals surface area contributed by atoms with E-state index >= 15 is 0 Å². The molecule has 0 N–H and O–H groups in total. The fraction of sp³-hybridized carbons (Fsp3) is 0.750. The van der Waals surface area contributed by atoms with Crippen molar-refractivity contribution in [1.82, 2.24) is 15.1 Å². The number of likely N-dealkylation sites (N-methyl/N-ethyl adjacent to an activating group) is 1. The van der Waals surface area contributed by atoms with Crippen LogP contribution in [-0.4, -0.2) is 61.0 Å². The quantitative estimate of drug-likeness (QED) is 0.830. The minimum atomic E-state index is 0.653. The third kappa shape index (κ3) is 2.64. The topological polar surface area (TPSA) is 41.5 Å². The van der Waals surface area contributed by atoms with Crippen LogP contribution < -0.4 is 4.90 Å². The molecule has 5 heteroatoms. The van der Waals surface area contributed by atoms with E-state index in [1.165, 1.54) is 30.5 Å². The Morgan fingerprint density at radius 1 is 1.33 bits per heavy atom. The van der Waals surface area contributed by atoms with Crippen molar-refractivity contribution in [3.05, 3.63) is 17.3 Å². The number of aromatic nitrogens is 2. The average molecular weight is 288 g/mol. The van der Waals surface area contributed by atoms with Gasteiger partial charge in [0.1, 0.15) is 0 Å². The summed E-state index contributed by atoms with van der Waals surface area (Å²) in [5.74, 6) is 1.80. The van der Waals surface area contributed by atoms with Gasteiger partial charge in [0.2, 0.25) is 0 Å². The summed E-state index contributed by atoms with van der Waals surface area (Å²) in [5, 5.41) is 8.80. The largest absolute Gasteiger partial charge is 0.381 e. The first-order chi connectivity index (χ1) is 10.3. The van der Waals surface area contributed by atoms with Crippen LogP contribution in [0.5, 0.6) is 0 Å². The third-order valence-electron chi connectivity index (χ3n) is 5.19. The SMILES string of the molecule is CN(CC1CCOC1)C1CN(c2cc3c(nn2)CCC3)C1. The number of rotatable bonds is 4. The summed E-state index contributed by atoms with van der Waals surface area (Å²) in [4.78, 5) is 4.86. The van der Waals surface area contributed by atoms with Crippen molar-refractivity contribution in [2.45, 2.75) is 31.7 Å². The zero-order valence-electron chi connectivity index (χ0n) is 12.8. The molecule has 0 radical (unpaired) electrons. The first kappa shape index (κ1) is 13.5. The molecule has 0 amide bonds.